The molecular formula is C10H17N3OS. The van der Waals surface area contributed by atoms with Crippen LogP contribution in [-0.2, 0) is 4.79 Å². The molecule has 1 amide bonds. The monoisotopic (exact) mass is 227 g/mol. The molecule has 15 heavy (non-hydrogen) atoms. The van der Waals surface area contributed by atoms with E-state index in [1.54, 1.807) is 14.1 Å². The summed E-state index contributed by atoms with van der Waals surface area (Å²) in [6, 6.07) is 1.91. The maximum absolute atomic E-state index is 11.6. The lowest BCUT2D eigenvalue weighted by molar-refractivity contribution is -0.129. The van der Waals surface area contributed by atoms with Gasteiger partial charge < -0.3 is 10.2 Å². The third kappa shape index (κ3) is 4.75. The van der Waals surface area contributed by atoms with Gasteiger partial charge in [0.05, 0.1) is 6.07 Å². The van der Waals surface area contributed by atoms with E-state index in [4.69, 9.17) is 17.5 Å². The third-order valence-electron chi connectivity index (χ3n) is 1.58. The lowest BCUT2D eigenvalue weighted by Gasteiger charge is -2.25. The third-order valence-corrected chi connectivity index (χ3v) is 1.91. The van der Waals surface area contributed by atoms with Crippen molar-refractivity contribution in [1.82, 2.24) is 10.2 Å². The highest BCUT2D eigenvalue weighted by atomic mass is 32.1. The van der Waals surface area contributed by atoms with Crippen LogP contribution < -0.4 is 5.32 Å². The van der Waals surface area contributed by atoms with Crippen LogP contribution in [0, 0.1) is 17.2 Å². The summed E-state index contributed by atoms with van der Waals surface area (Å²) in [6.45, 7) is 5.77. The number of nitrogens with zero attached hydrogens (tertiary/aromatic N) is 2. The fourth-order valence-electron chi connectivity index (χ4n) is 0.926. The molecule has 0 aromatic carbocycles. The smallest absolute Gasteiger partial charge is 0.246 e. The molecule has 0 aromatic rings. The van der Waals surface area contributed by atoms with E-state index >= 15 is 0 Å². The summed E-state index contributed by atoms with van der Waals surface area (Å²) in [6.07, 6.45) is 0. The van der Waals surface area contributed by atoms with Crippen molar-refractivity contribution in [3.63, 3.8) is 0 Å². The second-order valence-corrected chi connectivity index (χ2v) is 4.97. The average molecular weight is 227 g/mol. The topological polar surface area (TPSA) is 56.1 Å². The Morgan fingerprint density at radius 1 is 1.47 bits per heavy atom. The van der Waals surface area contributed by atoms with Gasteiger partial charge in [0.2, 0.25) is 5.91 Å². The first-order valence-corrected chi connectivity index (χ1v) is 5.02. The highest BCUT2D eigenvalue weighted by Crippen LogP contribution is 2.06. The molecule has 84 valence electrons. The minimum absolute atomic E-state index is 0.237. The summed E-state index contributed by atoms with van der Waals surface area (Å²) >= 11 is 5.04. The molecule has 0 aliphatic carbocycles. The number of rotatable bonds is 2. The number of carbonyl (C=O) groups is 1. The fraction of sp³-hybridized carbons (Fsp3) is 0.700. The van der Waals surface area contributed by atoms with E-state index in [1.165, 1.54) is 4.90 Å². The van der Waals surface area contributed by atoms with Gasteiger partial charge in [-0.05, 0) is 20.8 Å². The molecule has 0 fully saturated rings. The van der Waals surface area contributed by atoms with Gasteiger partial charge in [-0.15, -0.1) is 0 Å². The van der Waals surface area contributed by atoms with Crippen LogP contribution >= 0.6 is 12.2 Å². The Labute approximate surface area is 96.2 Å². The quantitative estimate of drug-likeness (QED) is 0.713. The SMILES string of the molecule is CN(C)C(=O)C(C#N)C(=S)NC(C)(C)C. The molecule has 0 heterocycles. The average Bonchev–Trinajstić information content (AvgIpc) is 2.01. The maximum atomic E-state index is 11.6. The minimum Gasteiger partial charge on any atom is -0.374 e. The molecule has 0 rings (SSSR count). The number of carbonyl (C=O) groups excluding carboxylic acids is 1. The number of hydrogen-bond acceptors (Lipinski definition) is 3. The zero-order chi connectivity index (χ0) is 12.2. The normalized spacial score (nSPS) is 12.5. The Bertz CT molecular complexity index is 299. The van der Waals surface area contributed by atoms with Gasteiger partial charge in [-0.25, -0.2) is 0 Å². The van der Waals surface area contributed by atoms with E-state index in [1.807, 2.05) is 26.8 Å². The highest BCUT2D eigenvalue weighted by Gasteiger charge is 2.26. The fourth-order valence-corrected chi connectivity index (χ4v) is 1.39. The largest absolute Gasteiger partial charge is 0.374 e. The number of thiocarbonyl (C=S) groups is 1. The van der Waals surface area contributed by atoms with Gasteiger partial charge in [-0.2, -0.15) is 5.26 Å². The molecule has 1 N–H and O–H groups in total. The summed E-state index contributed by atoms with van der Waals surface area (Å²) in [5.74, 6) is -1.19. The van der Waals surface area contributed by atoms with Gasteiger partial charge >= 0.3 is 0 Å². The van der Waals surface area contributed by atoms with Crippen molar-refractivity contribution in [1.29, 1.82) is 5.26 Å². The summed E-state index contributed by atoms with van der Waals surface area (Å²) < 4.78 is 0. The van der Waals surface area contributed by atoms with Crippen molar-refractivity contribution in [3.8, 4) is 6.07 Å². The second kappa shape index (κ2) is 5.08. The molecule has 0 saturated carbocycles. The van der Waals surface area contributed by atoms with Crippen LogP contribution in [0.2, 0.25) is 0 Å². The first kappa shape index (κ1) is 13.8. The molecule has 0 radical (unpaired) electrons. The molecule has 0 bridgehead atoms. The Balaban J connectivity index is 4.66. The summed E-state index contributed by atoms with van der Waals surface area (Å²) in [4.78, 5) is 13.2. The Kier molecular flexibility index (Phi) is 4.69. The van der Waals surface area contributed by atoms with Crippen molar-refractivity contribution < 1.29 is 4.79 Å². The molecule has 0 spiro atoms. The number of amides is 1. The van der Waals surface area contributed by atoms with Crippen molar-refractivity contribution in [2.45, 2.75) is 26.3 Å². The predicted octanol–water partition coefficient (Wildman–Crippen LogP) is 0.930. The van der Waals surface area contributed by atoms with Gasteiger partial charge in [0.15, 0.2) is 5.92 Å². The van der Waals surface area contributed by atoms with E-state index in [2.05, 4.69) is 5.32 Å². The highest BCUT2D eigenvalue weighted by molar-refractivity contribution is 7.80. The zero-order valence-corrected chi connectivity index (χ0v) is 10.6. The van der Waals surface area contributed by atoms with Crippen molar-refractivity contribution in [2.24, 2.45) is 5.92 Å². The van der Waals surface area contributed by atoms with Gasteiger partial charge in [0.1, 0.15) is 4.99 Å². The van der Waals surface area contributed by atoms with Crippen molar-refractivity contribution in [2.75, 3.05) is 14.1 Å². The number of nitriles is 1. The molecular weight excluding hydrogens is 210 g/mol. The second-order valence-electron chi connectivity index (χ2n) is 4.53. The summed E-state index contributed by atoms with van der Waals surface area (Å²) in [5.41, 5.74) is -0.237. The number of nitrogens with one attached hydrogen (secondary N) is 1. The van der Waals surface area contributed by atoms with E-state index in [0.717, 1.165) is 0 Å². The Hall–Kier alpha value is -1.15. The molecule has 4 nitrogen and oxygen atoms in total. The lowest BCUT2D eigenvalue weighted by Crippen LogP contribution is -2.46. The molecule has 5 heteroatoms. The summed E-state index contributed by atoms with van der Waals surface area (Å²) in [7, 11) is 3.21. The van der Waals surface area contributed by atoms with Crippen LogP contribution in [0.5, 0.6) is 0 Å². The molecule has 1 unspecified atom stereocenters. The zero-order valence-electron chi connectivity index (χ0n) is 9.79. The van der Waals surface area contributed by atoms with Crippen LogP contribution in [0.25, 0.3) is 0 Å². The van der Waals surface area contributed by atoms with Crippen LogP contribution in [0.3, 0.4) is 0 Å². The van der Waals surface area contributed by atoms with Crippen LogP contribution in [-0.4, -0.2) is 35.4 Å². The van der Waals surface area contributed by atoms with Gasteiger partial charge in [0.25, 0.3) is 0 Å². The molecule has 1 atom stereocenters. The minimum atomic E-state index is -0.894. The first-order chi connectivity index (χ1) is 6.69. The van der Waals surface area contributed by atoms with E-state index in [-0.39, 0.29) is 16.4 Å². The van der Waals surface area contributed by atoms with Crippen LogP contribution in [0.15, 0.2) is 0 Å². The van der Waals surface area contributed by atoms with Crippen LogP contribution in [0.1, 0.15) is 20.8 Å². The van der Waals surface area contributed by atoms with Crippen LogP contribution in [0.4, 0.5) is 0 Å². The standard InChI is InChI=1S/C10H17N3OS/c1-10(2,3)12-8(15)7(6-11)9(14)13(4)5/h7H,1-5H3,(H,12,15). The molecule has 0 aliphatic rings. The first-order valence-electron chi connectivity index (χ1n) is 4.62. The molecule has 0 aliphatic heterocycles. The molecule has 0 aromatic heterocycles. The van der Waals surface area contributed by atoms with Gasteiger partial charge in [0, 0.05) is 19.6 Å². The summed E-state index contributed by atoms with van der Waals surface area (Å²) in [5, 5.41) is 11.9. The van der Waals surface area contributed by atoms with Crippen molar-refractivity contribution >= 4 is 23.1 Å². The van der Waals surface area contributed by atoms with Gasteiger partial charge in [-0.3, -0.25) is 4.79 Å². The maximum Gasteiger partial charge on any atom is 0.246 e. The predicted molar refractivity (Wildman–Crippen MR) is 63.3 cm³/mol. The van der Waals surface area contributed by atoms with Gasteiger partial charge in [-0.1, -0.05) is 12.2 Å². The van der Waals surface area contributed by atoms with E-state index in [9.17, 15) is 4.79 Å². The van der Waals surface area contributed by atoms with Crippen molar-refractivity contribution in [3.05, 3.63) is 0 Å². The Morgan fingerprint density at radius 3 is 2.20 bits per heavy atom. The lowest BCUT2D eigenvalue weighted by atomic mass is 10.1. The van der Waals surface area contributed by atoms with E-state index < -0.39 is 5.92 Å². The Morgan fingerprint density at radius 2 is 1.93 bits per heavy atom. The van der Waals surface area contributed by atoms with E-state index in [0.29, 0.717) is 0 Å². The number of hydrogen-bond donors (Lipinski definition) is 1. The molecule has 0 saturated heterocycles.